The number of hydrogen-bond acceptors (Lipinski definition) is 5. The molecule has 1 aromatic carbocycles. The summed E-state index contributed by atoms with van der Waals surface area (Å²) in [5, 5.41) is 10.8. The minimum atomic E-state index is 0.106. The maximum Gasteiger partial charge on any atom is 0.254 e. The van der Waals surface area contributed by atoms with Gasteiger partial charge in [-0.05, 0) is 49.1 Å². The summed E-state index contributed by atoms with van der Waals surface area (Å²) in [7, 11) is 0. The topological polar surface area (TPSA) is 78.0 Å². The highest BCUT2D eigenvalue weighted by atomic mass is 16.2. The molecule has 3 fully saturated rings. The van der Waals surface area contributed by atoms with E-state index < -0.39 is 0 Å². The number of piperidine rings is 1. The predicted molar refractivity (Wildman–Crippen MR) is 101 cm³/mol. The third kappa shape index (κ3) is 3.19. The summed E-state index contributed by atoms with van der Waals surface area (Å²) in [6.07, 6.45) is 4.11. The van der Waals surface area contributed by atoms with E-state index in [0.29, 0.717) is 11.5 Å². The Morgan fingerprint density at radius 1 is 1.07 bits per heavy atom. The van der Waals surface area contributed by atoms with Gasteiger partial charge in [0.25, 0.3) is 5.91 Å². The zero-order valence-electron chi connectivity index (χ0n) is 15.1. The molecule has 138 valence electrons. The van der Waals surface area contributed by atoms with Crippen LogP contribution in [0.4, 0.5) is 0 Å². The van der Waals surface area contributed by atoms with Gasteiger partial charge in [-0.15, -0.1) is 0 Å². The second-order valence-corrected chi connectivity index (χ2v) is 7.60. The summed E-state index contributed by atoms with van der Waals surface area (Å²) in [6.45, 7) is 3.62. The Balaban J connectivity index is 1.35. The third-order valence-electron chi connectivity index (χ3n) is 5.73. The minimum absolute atomic E-state index is 0.106. The Bertz CT molecular complexity index is 955. The van der Waals surface area contributed by atoms with E-state index in [1.54, 1.807) is 0 Å². The molecule has 0 saturated carbocycles. The molecule has 3 saturated heterocycles. The van der Waals surface area contributed by atoms with Crippen LogP contribution in [0.3, 0.4) is 0 Å². The second kappa shape index (κ2) is 6.74. The Kier molecular flexibility index (Phi) is 4.09. The fourth-order valence-electron chi connectivity index (χ4n) is 4.42. The van der Waals surface area contributed by atoms with Crippen molar-refractivity contribution in [3.8, 4) is 0 Å². The van der Waals surface area contributed by atoms with Crippen LogP contribution >= 0.6 is 0 Å². The highest BCUT2D eigenvalue weighted by Crippen LogP contribution is 2.30. The van der Waals surface area contributed by atoms with Crippen molar-refractivity contribution in [1.29, 1.82) is 0 Å². The summed E-state index contributed by atoms with van der Waals surface area (Å²) in [5.41, 5.74) is 3.30. The van der Waals surface area contributed by atoms with Gasteiger partial charge >= 0.3 is 0 Å². The normalized spacial score (nSPS) is 22.9. The van der Waals surface area contributed by atoms with Crippen molar-refractivity contribution in [2.24, 2.45) is 5.92 Å². The van der Waals surface area contributed by atoms with Crippen molar-refractivity contribution < 1.29 is 4.79 Å². The van der Waals surface area contributed by atoms with Gasteiger partial charge in [0.05, 0.1) is 5.69 Å². The molecule has 0 radical (unpaired) electrons. The van der Waals surface area contributed by atoms with Gasteiger partial charge < -0.3 is 4.90 Å². The van der Waals surface area contributed by atoms with Gasteiger partial charge in [0.2, 0.25) is 0 Å². The van der Waals surface area contributed by atoms with Crippen molar-refractivity contribution in [3.05, 3.63) is 53.9 Å². The molecule has 27 heavy (non-hydrogen) atoms. The monoisotopic (exact) mass is 362 g/mol. The van der Waals surface area contributed by atoms with Crippen LogP contribution < -0.4 is 0 Å². The molecule has 1 amide bonds. The third-order valence-corrected chi connectivity index (χ3v) is 5.73. The molecule has 0 spiro atoms. The number of fused-ring (bicyclic) bond motifs is 5. The quantitative estimate of drug-likeness (QED) is 0.772. The fourth-order valence-corrected chi connectivity index (χ4v) is 4.42. The van der Waals surface area contributed by atoms with E-state index in [1.165, 1.54) is 6.42 Å². The second-order valence-electron chi connectivity index (χ2n) is 7.60. The molecule has 0 aliphatic carbocycles. The average Bonchev–Trinajstić information content (AvgIpc) is 3.00. The fraction of sp³-hybridized carbons (Fsp3) is 0.400. The number of amides is 1. The lowest BCUT2D eigenvalue weighted by atomic mass is 9.94. The molecule has 5 heterocycles. The van der Waals surface area contributed by atoms with Crippen LogP contribution in [-0.2, 0) is 6.54 Å². The van der Waals surface area contributed by atoms with E-state index >= 15 is 0 Å². The Morgan fingerprint density at radius 2 is 2.00 bits per heavy atom. The standard InChI is InChI=1S/C20H22N6O/c27-20(15-5-7-18-19(9-15)23-24-22-18)26-11-14-4-6-17(26)13-25(10-14)12-16-3-1-2-8-21-16/h1-3,5,7-9,14,17H,4,6,10-13H2,(H,22,23,24)/t14-,17+/m0/s1. The Morgan fingerprint density at radius 3 is 2.89 bits per heavy atom. The summed E-state index contributed by atoms with van der Waals surface area (Å²) < 4.78 is 0. The molecule has 2 bridgehead atoms. The first-order valence-corrected chi connectivity index (χ1v) is 9.50. The van der Waals surface area contributed by atoms with Gasteiger partial charge in [0, 0.05) is 44.0 Å². The lowest BCUT2D eigenvalue weighted by molar-refractivity contribution is 0.0585. The molecule has 2 atom stereocenters. The summed E-state index contributed by atoms with van der Waals surface area (Å²) in [5.74, 6) is 0.626. The number of carbonyl (C=O) groups excluding carboxylic acids is 1. The zero-order valence-corrected chi connectivity index (χ0v) is 15.1. The maximum absolute atomic E-state index is 13.2. The van der Waals surface area contributed by atoms with Crippen LogP contribution in [0.2, 0.25) is 0 Å². The number of H-pyrrole nitrogens is 1. The first kappa shape index (κ1) is 16.4. The van der Waals surface area contributed by atoms with E-state index in [2.05, 4.69) is 36.3 Å². The molecule has 2 aromatic heterocycles. The number of aromatic amines is 1. The molecule has 3 aliphatic rings. The largest absolute Gasteiger partial charge is 0.334 e. The number of hydrogen-bond donors (Lipinski definition) is 1. The van der Waals surface area contributed by atoms with Gasteiger partial charge in [-0.25, -0.2) is 0 Å². The molecule has 7 nitrogen and oxygen atoms in total. The van der Waals surface area contributed by atoms with E-state index in [9.17, 15) is 4.79 Å². The highest BCUT2D eigenvalue weighted by molar-refractivity contribution is 5.97. The van der Waals surface area contributed by atoms with E-state index in [0.717, 1.165) is 49.3 Å². The predicted octanol–water partition coefficient (Wildman–Crippen LogP) is 2.09. The van der Waals surface area contributed by atoms with E-state index in [-0.39, 0.29) is 11.9 Å². The van der Waals surface area contributed by atoms with Crippen LogP contribution in [0.5, 0.6) is 0 Å². The minimum Gasteiger partial charge on any atom is -0.334 e. The number of aromatic nitrogens is 4. The van der Waals surface area contributed by atoms with Crippen LogP contribution in [0, 0.1) is 5.92 Å². The number of rotatable bonds is 3. The maximum atomic E-state index is 13.2. The molecule has 7 heteroatoms. The van der Waals surface area contributed by atoms with Crippen LogP contribution in [0.1, 0.15) is 28.9 Å². The Labute approximate surface area is 157 Å². The van der Waals surface area contributed by atoms with Gasteiger partial charge in [0.1, 0.15) is 11.0 Å². The summed E-state index contributed by atoms with van der Waals surface area (Å²) >= 11 is 0. The van der Waals surface area contributed by atoms with Gasteiger partial charge in [-0.3, -0.25) is 14.7 Å². The van der Waals surface area contributed by atoms with Gasteiger partial charge in [0.15, 0.2) is 0 Å². The number of carbonyl (C=O) groups is 1. The summed E-state index contributed by atoms with van der Waals surface area (Å²) in [4.78, 5) is 22.2. The zero-order chi connectivity index (χ0) is 18.2. The van der Waals surface area contributed by atoms with Crippen LogP contribution in [-0.4, -0.2) is 61.8 Å². The number of pyridine rings is 1. The van der Waals surface area contributed by atoms with Gasteiger partial charge in [-0.2, -0.15) is 15.4 Å². The van der Waals surface area contributed by atoms with Gasteiger partial charge in [-0.1, -0.05) is 6.07 Å². The van der Waals surface area contributed by atoms with Crippen LogP contribution in [0.15, 0.2) is 42.6 Å². The van der Waals surface area contributed by atoms with Crippen molar-refractivity contribution in [2.75, 3.05) is 19.6 Å². The van der Waals surface area contributed by atoms with Crippen molar-refractivity contribution in [1.82, 2.24) is 30.2 Å². The average molecular weight is 362 g/mol. The SMILES string of the molecule is O=C(c1ccc2n[nH]nc2c1)N1C[C@H]2CC[C@@H]1CN(Cc1ccccn1)C2. The van der Waals surface area contributed by atoms with E-state index in [1.807, 2.05) is 36.5 Å². The number of benzene rings is 1. The molecule has 1 N–H and O–H groups in total. The molecular formula is C20H22N6O. The number of nitrogens with zero attached hydrogens (tertiary/aromatic N) is 5. The van der Waals surface area contributed by atoms with Crippen LogP contribution in [0.25, 0.3) is 11.0 Å². The lowest BCUT2D eigenvalue weighted by Gasteiger charge is -2.36. The van der Waals surface area contributed by atoms with Crippen molar-refractivity contribution in [3.63, 3.8) is 0 Å². The first-order valence-electron chi connectivity index (χ1n) is 9.50. The van der Waals surface area contributed by atoms with Crippen molar-refractivity contribution >= 4 is 16.9 Å². The smallest absolute Gasteiger partial charge is 0.254 e. The first-order chi connectivity index (χ1) is 13.3. The number of nitrogens with one attached hydrogen (secondary N) is 1. The molecular weight excluding hydrogens is 340 g/mol. The highest BCUT2D eigenvalue weighted by Gasteiger charge is 2.37. The van der Waals surface area contributed by atoms with E-state index in [4.69, 9.17) is 0 Å². The molecule has 3 aromatic rings. The lowest BCUT2D eigenvalue weighted by Crippen LogP contribution is -2.47. The Hall–Kier alpha value is -2.80. The van der Waals surface area contributed by atoms with Crippen molar-refractivity contribution in [2.45, 2.75) is 25.4 Å². The molecule has 3 aliphatic heterocycles. The molecule has 0 unspecified atom stereocenters. The summed E-state index contributed by atoms with van der Waals surface area (Å²) in [6, 6.07) is 11.9. The molecule has 6 rings (SSSR count).